The minimum Gasteiger partial charge on any atom is -0.493 e. The monoisotopic (exact) mass is 333 g/mol. The molecule has 0 aromatic heterocycles. The van der Waals surface area contributed by atoms with Gasteiger partial charge in [0, 0.05) is 10.2 Å². The van der Waals surface area contributed by atoms with Gasteiger partial charge in [-0.2, -0.15) is 0 Å². The number of benzene rings is 2. The van der Waals surface area contributed by atoms with Gasteiger partial charge in [0.05, 0.1) is 13.0 Å². The first kappa shape index (κ1) is 14.6. The molecule has 0 fully saturated rings. The molecule has 3 nitrogen and oxygen atoms in total. The Labute approximate surface area is 127 Å². The lowest BCUT2D eigenvalue weighted by Crippen LogP contribution is -2.15. The Morgan fingerprint density at radius 1 is 1.20 bits per heavy atom. The average molecular weight is 334 g/mol. The maximum atomic E-state index is 11.8. The fourth-order valence-electron chi connectivity index (χ4n) is 1.68. The third-order valence-corrected chi connectivity index (χ3v) is 3.22. The lowest BCUT2D eigenvalue weighted by molar-refractivity contribution is -0.116. The molecule has 0 saturated heterocycles. The van der Waals surface area contributed by atoms with E-state index in [1.165, 1.54) is 5.56 Å². The van der Waals surface area contributed by atoms with E-state index in [1.54, 1.807) is 0 Å². The Bertz CT molecular complexity index is 581. The summed E-state index contributed by atoms with van der Waals surface area (Å²) in [5.41, 5.74) is 1.98. The Morgan fingerprint density at radius 3 is 2.65 bits per heavy atom. The van der Waals surface area contributed by atoms with E-state index in [1.807, 2.05) is 55.5 Å². The largest absolute Gasteiger partial charge is 0.493 e. The molecule has 1 amide bonds. The molecule has 0 atom stereocenters. The fraction of sp³-hybridized carbons (Fsp3) is 0.188. The van der Waals surface area contributed by atoms with Gasteiger partial charge in [-0.25, -0.2) is 0 Å². The number of nitrogens with one attached hydrogen (secondary N) is 1. The van der Waals surface area contributed by atoms with Crippen molar-refractivity contribution in [3.63, 3.8) is 0 Å². The van der Waals surface area contributed by atoms with Crippen LogP contribution >= 0.6 is 15.9 Å². The van der Waals surface area contributed by atoms with E-state index in [-0.39, 0.29) is 5.91 Å². The van der Waals surface area contributed by atoms with Gasteiger partial charge < -0.3 is 10.1 Å². The summed E-state index contributed by atoms with van der Waals surface area (Å²) in [6.45, 7) is 2.37. The molecule has 104 valence electrons. The molecule has 0 spiro atoms. The molecule has 2 aromatic rings. The van der Waals surface area contributed by atoms with Crippen LogP contribution in [0, 0.1) is 6.92 Å². The molecule has 0 aliphatic rings. The molecule has 1 N–H and O–H groups in total. The van der Waals surface area contributed by atoms with Crippen LogP contribution in [0.5, 0.6) is 5.75 Å². The first-order valence-electron chi connectivity index (χ1n) is 6.38. The van der Waals surface area contributed by atoms with Crippen LogP contribution in [0.15, 0.2) is 53.0 Å². The SMILES string of the molecule is Cc1ccc(NC(=O)CCOc2cccc(Br)c2)cc1. The van der Waals surface area contributed by atoms with Gasteiger partial charge in [-0.3, -0.25) is 4.79 Å². The highest BCUT2D eigenvalue weighted by Crippen LogP contribution is 2.17. The maximum Gasteiger partial charge on any atom is 0.227 e. The van der Waals surface area contributed by atoms with Gasteiger partial charge in [0.1, 0.15) is 5.75 Å². The van der Waals surface area contributed by atoms with Crippen molar-refractivity contribution in [3.05, 3.63) is 58.6 Å². The van der Waals surface area contributed by atoms with Crippen molar-refractivity contribution in [3.8, 4) is 5.75 Å². The Morgan fingerprint density at radius 2 is 1.95 bits per heavy atom. The molecule has 0 saturated carbocycles. The van der Waals surface area contributed by atoms with Crippen molar-refractivity contribution in [2.75, 3.05) is 11.9 Å². The molecule has 0 aliphatic heterocycles. The van der Waals surface area contributed by atoms with Crippen molar-refractivity contribution in [2.45, 2.75) is 13.3 Å². The van der Waals surface area contributed by atoms with Crippen LogP contribution in [0.3, 0.4) is 0 Å². The Hall–Kier alpha value is -1.81. The second-order valence-electron chi connectivity index (χ2n) is 4.47. The van der Waals surface area contributed by atoms with Crippen LogP contribution in [-0.2, 0) is 4.79 Å². The molecule has 0 bridgehead atoms. The lowest BCUT2D eigenvalue weighted by Gasteiger charge is -2.07. The number of ether oxygens (including phenoxy) is 1. The number of rotatable bonds is 5. The highest BCUT2D eigenvalue weighted by molar-refractivity contribution is 9.10. The van der Waals surface area contributed by atoms with E-state index in [4.69, 9.17) is 4.74 Å². The van der Waals surface area contributed by atoms with Crippen LogP contribution in [-0.4, -0.2) is 12.5 Å². The summed E-state index contributed by atoms with van der Waals surface area (Å²) in [6.07, 6.45) is 0.320. The summed E-state index contributed by atoms with van der Waals surface area (Å²) in [7, 11) is 0. The van der Waals surface area contributed by atoms with Crippen molar-refractivity contribution in [1.82, 2.24) is 0 Å². The molecular formula is C16H16BrNO2. The number of carbonyl (C=O) groups is 1. The predicted octanol–water partition coefficient (Wildman–Crippen LogP) is 4.17. The molecule has 0 unspecified atom stereocenters. The Kier molecular flexibility index (Phi) is 5.18. The quantitative estimate of drug-likeness (QED) is 0.891. The van der Waals surface area contributed by atoms with Crippen LogP contribution in [0.25, 0.3) is 0 Å². The summed E-state index contributed by atoms with van der Waals surface area (Å²) in [5.74, 6) is 0.700. The third-order valence-electron chi connectivity index (χ3n) is 2.73. The van der Waals surface area contributed by atoms with Crippen LogP contribution in [0.1, 0.15) is 12.0 Å². The van der Waals surface area contributed by atoms with Crippen LogP contribution in [0.2, 0.25) is 0 Å². The van der Waals surface area contributed by atoms with Gasteiger partial charge in [-0.15, -0.1) is 0 Å². The zero-order chi connectivity index (χ0) is 14.4. The molecule has 0 aliphatic carbocycles. The second-order valence-corrected chi connectivity index (χ2v) is 5.39. The highest BCUT2D eigenvalue weighted by Gasteiger charge is 2.03. The van der Waals surface area contributed by atoms with E-state index < -0.39 is 0 Å². The smallest absolute Gasteiger partial charge is 0.227 e. The number of hydrogen-bond donors (Lipinski definition) is 1. The van der Waals surface area contributed by atoms with Gasteiger partial charge in [0.15, 0.2) is 0 Å². The van der Waals surface area contributed by atoms with Crippen molar-refractivity contribution in [2.24, 2.45) is 0 Å². The molecule has 4 heteroatoms. The standard InChI is InChI=1S/C16H16BrNO2/c1-12-5-7-14(8-6-12)18-16(19)9-10-20-15-4-2-3-13(17)11-15/h2-8,11H,9-10H2,1H3,(H,18,19). The predicted molar refractivity (Wildman–Crippen MR) is 84.1 cm³/mol. The fourth-order valence-corrected chi connectivity index (χ4v) is 2.06. The number of halogens is 1. The summed E-state index contributed by atoms with van der Waals surface area (Å²) in [5, 5.41) is 2.84. The number of amides is 1. The normalized spacial score (nSPS) is 10.1. The molecular weight excluding hydrogens is 318 g/mol. The lowest BCUT2D eigenvalue weighted by atomic mass is 10.2. The number of carbonyl (C=O) groups excluding carboxylic acids is 1. The minimum atomic E-state index is -0.0520. The number of aryl methyl sites for hydroxylation is 1. The van der Waals surface area contributed by atoms with E-state index in [9.17, 15) is 4.79 Å². The van der Waals surface area contributed by atoms with Gasteiger partial charge >= 0.3 is 0 Å². The van der Waals surface area contributed by atoms with Gasteiger partial charge in [-0.1, -0.05) is 39.7 Å². The number of anilines is 1. The molecule has 0 radical (unpaired) electrons. The molecule has 0 heterocycles. The highest BCUT2D eigenvalue weighted by atomic mass is 79.9. The van der Waals surface area contributed by atoms with Gasteiger partial charge in [0.25, 0.3) is 0 Å². The molecule has 2 rings (SSSR count). The first-order chi connectivity index (χ1) is 9.63. The van der Waals surface area contributed by atoms with E-state index in [0.717, 1.165) is 15.9 Å². The van der Waals surface area contributed by atoms with Crippen molar-refractivity contribution in [1.29, 1.82) is 0 Å². The number of hydrogen-bond acceptors (Lipinski definition) is 2. The maximum absolute atomic E-state index is 11.8. The van der Waals surface area contributed by atoms with Crippen molar-refractivity contribution < 1.29 is 9.53 Å². The molecule has 20 heavy (non-hydrogen) atoms. The zero-order valence-corrected chi connectivity index (χ0v) is 12.8. The van der Waals surface area contributed by atoms with Gasteiger partial charge in [0.2, 0.25) is 5.91 Å². The topological polar surface area (TPSA) is 38.3 Å². The van der Waals surface area contributed by atoms with Gasteiger partial charge in [-0.05, 0) is 37.3 Å². The second kappa shape index (κ2) is 7.10. The Balaban J connectivity index is 1.76. The van der Waals surface area contributed by atoms with Crippen LogP contribution < -0.4 is 10.1 Å². The van der Waals surface area contributed by atoms with E-state index in [0.29, 0.717) is 13.0 Å². The van der Waals surface area contributed by atoms with E-state index in [2.05, 4.69) is 21.2 Å². The summed E-state index contributed by atoms with van der Waals surface area (Å²) >= 11 is 3.37. The summed E-state index contributed by atoms with van der Waals surface area (Å²) in [6, 6.07) is 15.3. The van der Waals surface area contributed by atoms with Crippen molar-refractivity contribution >= 4 is 27.5 Å². The summed E-state index contributed by atoms with van der Waals surface area (Å²) in [4.78, 5) is 11.8. The average Bonchev–Trinajstić information content (AvgIpc) is 2.41. The minimum absolute atomic E-state index is 0.0520. The molecule has 2 aromatic carbocycles. The third kappa shape index (κ3) is 4.70. The van der Waals surface area contributed by atoms with E-state index >= 15 is 0 Å². The zero-order valence-electron chi connectivity index (χ0n) is 11.2. The summed E-state index contributed by atoms with van der Waals surface area (Å²) < 4.78 is 6.48. The first-order valence-corrected chi connectivity index (χ1v) is 7.18. The van der Waals surface area contributed by atoms with Crippen LogP contribution in [0.4, 0.5) is 5.69 Å².